The smallest absolute Gasteiger partial charge is 0.293 e. The lowest BCUT2D eigenvalue weighted by Gasteiger charge is -2.37. The summed E-state index contributed by atoms with van der Waals surface area (Å²) in [7, 11) is -4.62. The van der Waals surface area contributed by atoms with Crippen molar-refractivity contribution in [2.45, 2.75) is 107 Å². The molecule has 2 aliphatic heterocycles. The van der Waals surface area contributed by atoms with Gasteiger partial charge < -0.3 is 35.7 Å². The minimum absolute atomic E-state index is 0.0150. The normalized spacial score (nSPS) is 20.0. The van der Waals surface area contributed by atoms with Crippen molar-refractivity contribution in [3.05, 3.63) is 136 Å². The zero-order valence-corrected chi connectivity index (χ0v) is 41.2. The molecule has 2 saturated heterocycles. The number of likely N-dealkylation sites (tertiary alicyclic amines) is 1. The molecule has 3 fully saturated rings. The number of piperidine rings is 1. The van der Waals surface area contributed by atoms with Crippen molar-refractivity contribution in [1.29, 1.82) is 0 Å². The number of hydrogen-bond acceptors (Lipinski definition) is 12. The maximum absolute atomic E-state index is 14.1. The molecule has 372 valence electrons. The van der Waals surface area contributed by atoms with Crippen LogP contribution in [0.25, 0.3) is 22.2 Å². The molecule has 4 heterocycles. The summed E-state index contributed by atoms with van der Waals surface area (Å²) >= 11 is 0. The number of benzene rings is 4. The van der Waals surface area contributed by atoms with Gasteiger partial charge in [-0.1, -0.05) is 49.4 Å². The Morgan fingerprint density at radius 1 is 0.930 bits per heavy atom. The predicted octanol–water partition coefficient (Wildman–Crippen LogP) is 9.58. The first-order valence-corrected chi connectivity index (χ1v) is 26.1. The molecule has 0 unspecified atom stereocenters. The maximum Gasteiger partial charge on any atom is 0.293 e. The van der Waals surface area contributed by atoms with Crippen LogP contribution in [-0.4, -0.2) is 82.4 Å². The first-order chi connectivity index (χ1) is 34.0. The largest absolute Gasteiger partial charge is 0.455 e. The Morgan fingerprint density at radius 3 is 2.35 bits per heavy atom. The van der Waals surface area contributed by atoms with Gasteiger partial charge in [0, 0.05) is 49.5 Å². The van der Waals surface area contributed by atoms with Crippen molar-refractivity contribution < 1.29 is 32.8 Å². The monoisotopic (exact) mass is 982 g/mol. The number of nitro groups is 1. The minimum atomic E-state index is -4.62. The first kappa shape index (κ1) is 49.2. The second-order valence-corrected chi connectivity index (χ2v) is 21.7. The zero-order valence-electron chi connectivity index (χ0n) is 40.4. The van der Waals surface area contributed by atoms with E-state index in [1.54, 1.807) is 38.2 Å². The van der Waals surface area contributed by atoms with Crippen LogP contribution in [0.2, 0.25) is 0 Å². The highest BCUT2D eigenvalue weighted by molar-refractivity contribution is 7.90. The Hall–Kier alpha value is -6.82. The molecule has 0 radical (unpaired) electrons. The second-order valence-electron chi connectivity index (χ2n) is 20.0. The predicted molar refractivity (Wildman–Crippen MR) is 274 cm³/mol. The molecule has 2 amide bonds. The van der Waals surface area contributed by atoms with Crippen LogP contribution in [0.3, 0.4) is 0 Å². The fourth-order valence-electron chi connectivity index (χ4n) is 10.6. The summed E-state index contributed by atoms with van der Waals surface area (Å²) in [5.74, 6) is -0.103. The Morgan fingerprint density at radius 2 is 1.65 bits per heavy atom. The number of fused-ring (bicyclic) bond motifs is 1. The average Bonchev–Trinajstić information content (AvgIpc) is 4.06. The van der Waals surface area contributed by atoms with Gasteiger partial charge in [-0.2, -0.15) is 0 Å². The lowest BCUT2D eigenvalue weighted by atomic mass is 9.77. The maximum atomic E-state index is 14.1. The van der Waals surface area contributed by atoms with E-state index in [1.807, 2.05) is 30.0 Å². The number of ether oxygens (including phenoxy) is 1. The third-order valence-corrected chi connectivity index (χ3v) is 16.0. The van der Waals surface area contributed by atoms with E-state index in [4.69, 9.17) is 10.5 Å². The Balaban J connectivity index is 0.936. The van der Waals surface area contributed by atoms with Gasteiger partial charge in [0.25, 0.3) is 21.6 Å². The molecule has 71 heavy (non-hydrogen) atoms. The minimum Gasteiger partial charge on any atom is -0.455 e. The number of nitrogens with zero attached hydrogens (tertiary/aromatic N) is 4. The molecule has 6 N–H and O–H groups in total. The van der Waals surface area contributed by atoms with Crippen LogP contribution < -0.4 is 25.4 Å². The van der Waals surface area contributed by atoms with Crippen molar-refractivity contribution in [1.82, 2.24) is 19.6 Å². The molecule has 2 aromatic heterocycles. The number of sulfonamides is 1. The molecule has 1 saturated carbocycles. The summed E-state index contributed by atoms with van der Waals surface area (Å²) in [6, 6.07) is 29.1. The quantitative estimate of drug-likeness (QED) is 0.0479. The fourth-order valence-corrected chi connectivity index (χ4v) is 11.5. The van der Waals surface area contributed by atoms with Crippen molar-refractivity contribution in [3.63, 3.8) is 0 Å². The number of anilines is 2. The number of hydrogen-bond donors (Lipinski definition) is 5. The Bertz CT molecular complexity index is 3050. The highest BCUT2D eigenvalue weighted by Crippen LogP contribution is 2.43. The number of aromatic nitrogens is 2. The molecular formula is C54H62N8O8S. The lowest BCUT2D eigenvalue weighted by molar-refractivity contribution is -0.384. The van der Waals surface area contributed by atoms with Crippen LogP contribution in [0, 0.1) is 16.0 Å². The van der Waals surface area contributed by atoms with E-state index in [2.05, 4.69) is 61.3 Å². The molecule has 3 aliphatic rings. The number of H-pyrrole nitrogens is 1. The SMILES string of the molecule is CCC1(O)CCC(CNc2ccc(S(=O)(=O)NC(=O)c3ccc(-c4ccc(N5CCC[C@@H]5c5ccccc5C5CCN(C(=O)C(C)(C)N)CC5)cc4)cc3Oc3cnc4[nH]ccc4c3)cc2[N+](=O)[O-])CC1. The Labute approximate surface area is 414 Å². The number of carbonyl (C=O) groups is 2. The van der Waals surface area contributed by atoms with Gasteiger partial charge in [0.05, 0.1) is 38.8 Å². The van der Waals surface area contributed by atoms with Crippen LogP contribution in [-0.2, 0) is 14.8 Å². The van der Waals surface area contributed by atoms with Gasteiger partial charge in [-0.15, -0.1) is 0 Å². The van der Waals surface area contributed by atoms with Crippen LogP contribution >= 0.6 is 0 Å². The number of amides is 2. The van der Waals surface area contributed by atoms with E-state index in [-0.39, 0.29) is 34.9 Å². The van der Waals surface area contributed by atoms with Gasteiger partial charge in [-0.3, -0.25) is 19.7 Å². The third-order valence-electron chi connectivity index (χ3n) is 14.7. The van der Waals surface area contributed by atoms with Crippen molar-refractivity contribution in [2.75, 3.05) is 36.4 Å². The van der Waals surface area contributed by atoms with Crippen LogP contribution in [0.4, 0.5) is 17.1 Å². The summed E-state index contributed by atoms with van der Waals surface area (Å²) in [6.07, 6.45) is 10.5. The van der Waals surface area contributed by atoms with Crippen LogP contribution in [0.15, 0.2) is 114 Å². The van der Waals surface area contributed by atoms with E-state index in [0.717, 1.165) is 67.8 Å². The van der Waals surface area contributed by atoms with Gasteiger partial charge in [0.2, 0.25) is 5.91 Å². The average molecular weight is 983 g/mol. The molecule has 6 aromatic rings. The topological polar surface area (TPSA) is 226 Å². The summed E-state index contributed by atoms with van der Waals surface area (Å²) in [4.78, 5) is 49.9. The number of pyridine rings is 1. The summed E-state index contributed by atoms with van der Waals surface area (Å²) < 4.78 is 36.1. The molecule has 0 bridgehead atoms. The number of nitrogens with one attached hydrogen (secondary N) is 3. The van der Waals surface area contributed by atoms with Gasteiger partial charge in [-0.25, -0.2) is 18.1 Å². The molecule has 9 rings (SSSR count). The van der Waals surface area contributed by atoms with Crippen LogP contribution in [0.1, 0.15) is 112 Å². The van der Waals surface area contributed by atoms with E-state index in [1.165, 1.54) is 35.5 Å². The number of aromatic amines is 1. The van der Waals surface area contributed by atoms with Gasteiger partial charge in [-0.05, 0) is 154 Å². The first-order valence-electron chi connectivity index (χ1n) is 24.6. The van der Waals surface area contributed by atoms with Crippen LogP contribution in [0.5, 0.6) is 11.5 Å². The van der Waals surface area contributed by atoms with E-state index < -0.39 is 42.6 Å². The molecule has 1 atom stereocenters. The summed E-state index contributed by atoms with van der Waals surface area (Å²) in [5.41, 5.74) is 10.1. The molecule has 0 spiro atoms. The van der Waals surface area contributed by atoms with E-state index in [0.29, 0.717) is 61.8 Å². The van der Waals surface area contributed by atoms with Crippen molar-refractivity contribution in [2.24, 2.45) is 11.7 Å². The molecular weight excluding hydrogens is 921 g/mol. The fraction of sp³-hybridized carbons (Fsp3) is 0.389. The highest BCUT2D eigenvalue weighted by Gasteiger charge is 2.35. The number of rotatable bonds is 15. The summed E-state index contributed by atoms with van der Waals surface area (Å²) in [6.45, 7) is 8.15. The third kappa shape index (κ3) is 10.8. The van der Waals surface area contributed by atoms with Gasteiger partial charge in [0.1, 0.15) is 22.8 Å². The lowest BCUT2D eigenvalue weighted by Crippen LogP contribution is -2.53. The van der Waals surface area contributed by atoms with E-state index in [9.17, 15) is 33.2 Å². The van der Waals surface area contributed by atoms with Crippen molar-refractivity contribution in [3.8, 4) is 22.6 Å². The van der Waals surface area contributed by atoms with Gasteiger partial charge >= 0.3 is 0 Å². The molecule has 1 aliphatic carbocycles. The Kier molecular flexibility index (Phi) is 13.9. The highest BCUT2D eigenvalue weighted by atomic mass is 32.2. The van der Waals surface area contributed by atoms with E-state index >= 15 is 0 Å². The summed E-state index contributed by atoms with van der Waals surface area (Å²) in [5, 5.41) is 26.7. The number of aliphatic hydroxyl groups is 1. The molecule has 16 nitrogen and oxygen atoms in total. The standard InChI is InChI=1S/C54H62N8O8S/c1-4-54(65)24-19-35(20-25-54)33-57-46-18-16-42(32-48(46)62(66)67)71(68,69)59-51(63)45-17-13-38(31-49(45)70-41-30-39-21-26-56-50(39)58-34-41)36-11-14-40(15-12-36)61-27-7-10-47(61)44-9-6-5-8-43(44)37-22-28-60(29-23-37)52(64)53(2,3)55/h5-6,8-9,11-18,21,26,30-32,34-35,37,47,57,65H,4,7,10,19-20,22-25,27-29,33,55H2,1-3H3,(H,56,58)(H,59,63)/t35?,47-,54?/m1/s1. The number of nitrogens with two attached hydrogens (primary N) is 1. The van der Waals surface area contributed by atoms with Crippen molar-refractivity contribution >= 4 is 49.9 Å². The molecule has 17 heteroatoms. The van der Waals surface area contributed by atoms with Gasteiger partial charge in [0.15, 0.2) is 0 Å². The zero-order chi connectivity index (χ0) is 50.1. The second kappa shape index (κ2) is 20.1. The number of nitro benzene ring substituents is 1. The molecule has 4 aromatic carbocycles. The number of carbonyl (C=O) groups excluding carboxylic acids is 2.